The Morgan fingerprint density at radius 2 is 2.03 bits per heavy atom. The molecule has 1 unspecified atom stereocenters. The maximum Gasteiger partial charge on any atom is 0.341 e. The highest BCUT2D eigenvalue weighted by atomic mass is 127. The van der Waals surface area contributed by atoms with E-state index in [2.05, 4.69) is 27.3 Å². The van der Waals surface area contributed by atoms with E-state index in [1.165, 1.54) is 12.7 Å². The highest BCUT2D eigenvalue weighted by molar-refractivity contribution is 14.0. The molecule has 29 heavy (non-hydrogen) atoms. The number of rotatable bonds is 5. The van der Waals surface area contributed by atoms with Gasteiger partial charge in [-0.05, 0) is 37.1 Å². The molecule has 8 heteroatoms. The summed E-state index contributed by atoms with van der Waals surface area (Å²) in [5.74, 6) is 2.99. The summed E-state index contributed by atoms with van der Waals surface area (Å²) in [7, 11) is 4.81. The number of carbonyl (C=O) groups is 1. The number of furan rings is 1. The lowest BCUT2D eigenvalue weighted by atomic mass is 9.98. The molecule has 0 amide bonds. The number of methoxy groups -OCH3 is 2. The molecule has 2 aromatic rings. The van der Waals surface area contributed by atoms with Gasteiger partial charge < -0.3 is 24.1 Å². The van der Waals surface area contributed by atoms with Crippen LogP contribution < -0.4 is 10.1 Å². The van der Waals surface area contributed by atoms with Crippen LogP contribution in [-0.4, -0.2) is 51.2 Å². The van der Waals surface area contributed by atoms with Crippen LogP contribution in [-0.2, 0) is 11.3 Å². The summed E-state index contributed by atoms with van der Waals surface area (Å²) < 4.78 is 15.7. The van der Waals surface area contributed by atoms with E-state index in [9.17, 15) is 4.79 Å². The lowest BCUT2D eigenvalue weighted by molar-refractivity contribution is 0.0599. The van der Waals surface area contributed by atoms with Crippen LogP contribution in [0.2, 0.25) is 0 Å². The second-order valence-electron chi connectivity index (χ2n) is 6.78. The standard InChI is InChI=1S/C21H27N3O4.HI/c1-14-19(20(25)27-4)11-18(28-14)12-23-21(22-2)24-10-9-16(13-24)15-5-7-17(26-3)8-6-15;/h5-8,11,16H,9-10,12-13H2,1-4H3,(H,22,23);1H. The summed E-state index contributed by atoms with van der Waals surface area (Å²) in [5, 5.41) is 3.33. The van der Waals surface area contributed by atoms with Gasteiger partial charge in [0.2, 0.25) is 0 Å². The maximum absolute atomic E-state index is 11.7. The third-order valence-corrected chi connectivity index (χ3v) is 5.08. The molecule has 7 nitrogen and oxygen atoms in total. The van der Waals surface area contributed by atoms with Crippen LogP contribution in [0.5, 0.6) is 5.75 Å². The van der Waals surface area contributed by atoms with Gasteiger partial charge in [-0.15, -0.1) is 24.0 Å². The largest absolute Gasteiger partial charge is 0.497 e. The first kappa shape index (κ1) is 23.1. The van der Waals surface area contributed by atoms with Crippen molar-refractivity contribution in [2.24, 2.45) is 4.99 Å². The van der Waals surface area contributed by atoms with Gasteiger partial charge in [-0.3, -0.25) is 4.99 Å². The number of nitrogens with one attached hydrogen (secondary N) is 1. The van der Waals surface area contributed by atoms with Crippen molar-refractivity contribution in [1.82, 2.24) is 10.2 Å². The lowest BCUT2D eigenvalue weighted by Gasteiger charge is -2.21. The maximum atomic E-state index is 11.7. The molecule has 1 aliphatic rings. The SMILES string of the molecule is CN=C(NCc1cc(C(=O)OC)c(C)o1)N1CCC(c2ccc(OC)cc2)C1.I. The van der Waals surface area contributed by atoms with Crippen LogP contribution in [0, 0.1) is 6.92 Å². The van der Waals surface area contributed by atoms with Crippen molar-refractivity contribution in [1.29, 1.82) is 0 Å². The quantitative estimate of drug-likeness (QED) is 0.285. The molecule has 0 bridgehead atoms. The third-order valence-electron chi connectivity index (χ3n) is 5.08. The Morgan fingerprint density at radius 3 is 2.66 bits per heavy atom. The van der Waals surface area contributed by atoms with E-state index in [1.54, 1.807) is 27.1 Å². The molecule has 0 saturated carbocycles. The first-order valence-corrected chi connectivity index (χ1v) is 9.32. The van der Waals surface area contributed by atoms with Crippen LogP contribution in [0.15, 0.2) is 39.7 Å². The number of carbonyl (C=O) groups excluding carboxylic acids is 1. The summed E-state index contributed by atoms with van der Waals surface area (Å²) in [6, 6.07) is 9.98. The van der Waals surface area contributed by atoms with Gasteiger partial charge in [0.05, 0.1) is 20.8 Å². The number of nitrogens with zero attached hydrogens (tertiary/aromatic N) is 2. The van der Waals surface area contributed by atoms with Gasteiger partial charge in [0, 0.05) is 26.1 Å². The van der Waals surface area contributed by atoms with Crippen LogP contribution in [0.1, 0.15) is 39.8 Å². The van der Waals surface area contributed by atoms with E-state index < -0.39 is 5.97 Å². The van der Waals surface area contributed by atoms with Crippen molar-refractivity contribution in [3.05, 3.63) is 53.0 Å². The fourth-order valence-corrected chi connectivity index (χ4v) is 3.54. The van der Waals surface area contributed by atoms with Gasteiger partial charge in [-0.2, -0.15) is 0 Å². The summed E-state index contributed by atoms with van der Waals surface area (Å²) in [6.45, 7) is 4.04. The van der Waals surface area contributed by atoms with Crippen molar-refractivity contribution >= 4 is 35.9 Å². The number of hydrogen-bond acceptors (Lipinski definition) is 5. The fraction of sp³-hybridized carbons (Fsp3) is 0.429. The number of aliphatic imine (C=N–C) groups is 1. The van der Waals surface area contributed by atoms with Crippen molar-refractivity contribution in [2.75, 3.05) is 34.4 Å². The highest BCUT2D eigenvalue weighted by Crippen LogP contribution is 2.28. The molecular formula is C21H28IN3O4. The Bertz CT molecular complexity index is 848. The average molecular weight is 513 g/mol. The van der Waals surface area contributed by atoms with Crippen molar-refractivity contribution in [3.63, 3.8) is 0 Å². The van der Waals surface area contributed by atoms with Crippen molar-refractivity contribution < 1.29 is 18.7 Å². The first-order valence-electron chi connectivity index (χ1n) is 9.32. The van der Waals surface area contributed by atoms with E-state index >= 15 is 0 Å². The molecule has 0 aliphatic carbocycles. The molecule has 1 aromatic heterocycles. The highest BCUT2D eigenvalue weighted by Gasteiger charge is 2.26. The summed E-state index contributed by atoms with van der Waals surface area (Å²) in [6.07, 6.45) is 1.07. The molecule has 1 fully saturated rings. The molecule has 1 atom stereocenters. The molecule has 1 aromatic carbocycles. The number of aryl methyl sites for hydroxylation is 1. The smallest absolute Gasteiger partial charge is 0.341 e. The van der Waals surface area contributed by atoms with Crippen LogP contribution in [0.4, 0.5) is 0 Å². The van der Waals surface area contributed by atoms with Crippen LogP contribution in [0.3, 0.4) is 0 Å². The number of esters is 1. The Morgan fingerprint density at radius 1 is 1.31 bits per heavy atom. The molecule has 0 radical (unpaired) electrons. The van der Waals surface area contributed by atoms with E-state index in [4.69, 9.17) is 13.9 Å². The minimum Gasteiger partial charge on any atom is -0.497 e. The number of hydrogen-bond donors (Lipinski definition) is 1. The molecule has 1 saturated heterocycles. The second-order valence-corrected chi connectivity index (χ2v) is 6.78. The number of likely N-dealkylation sites (tertiary alicyclic amines) is 1. The average Bonchev–Trinajstić information content (AvgIpc) is 3.35. The van der Waals surface area contributed by atoms with E-state index in [0.717, 1.165) is 31.2 Å². The molecule has 2 heterocycles. The summed E-state index contributed by atoms with van der Waals surface area (Å²) >= 11 is 0. The third kappa shape index (κ3) is 5.43. The predicted octanol–water partition coefficient (Wildman–Crippen LogP) is 3.57. The monoisotopic (exact) mass is 513 g/mol. The van der Waals surface area contributed by atoms with Gasteiger partial charge >= 0.3 is 5.97 Å². The summed E-state index contributed by atoms with van der Waals surface area (Å²) in [4.78, 5) is 18.4. The van der Waals surface area contributed by atoms with Gasteiger partial charge in [0.25, 0.3) is 0 Å². The number of benzene rings is 1. The Labute approximate surface area is 188 Å². The minimum atomic E-state index is -0.390. The number of guanidine groups is 1. The first-order chi connectivity index (χ1) is 13.5. The number of ether oxygens (including phenoxy) is 2. The van der Waals surface area contributed by atoms with Crippen LogP contribution in [0.25, 0.3) is 0 Å². The molecule has 1 aliphatic heterocycles. The van der Waals surface area contributed by atoms with Gasteiger partial charge in [-0.1, -0.05) is 12.1 Å². The lowest BCUT2D eigenvalue weighted by Crippen LogP contribution is -2.39. The molecule has 158 valence electrons. The van der Waals surface area contributed by atoms with Crippen molar-refractivity contribution in [3.8, 4) is 5.75 Å². The summed E-state index contributed by atoms with van der Waals surface area (Å²) in [5.41, 5.74) is 1.76. The zero-order valence-electron chi connectivity index (χ0n) is 17.2. The van der Waals surface area contributed by atoms with E-state index in [-0.39, 0.29) is 24.0 Å². The molecule has 0 spiro atoms. The van der Waals surface area contributed by atoms with Gasteiger partial charge in [-0.25, -0.2) is 4.79 Å². The van der Waals surface area contributed by atoms with Crippen molar-refractivity contribution in [2.45, 2.75) is 25.8 Å². The minimum absolute atomic E-state index is 0. The number of halogens is 1. The van der Waals surface area contributed by atoms with Crippen LogP contribution >= 0.6 is 24.0 Å². The molecule has 3 rings (SSSR count). The Kier molecular flexibility index (Phi) is 8.36. The zero-order chi connectivity index (χ0) is 20.1. The Hall–Kier alpha value is -2.23. The van der Waals surface area contributed by atoms with E-state index in [0.29, 0.717) is 29.5 Å². The predicted molar refractivity (Wildman–Crippen MR) is 122 cm³/mol. The zero-order valence-corrected chi connectivity index (χ0v) is 19.6. The fourth-order valence-electron chi connectivity index (χ4n) is 3.54. The van der Waals surface area contributed by atoms with Gasteiger partial charge in [0.15, 0.2) is 5.96 Å². The molecule has 1 N–H and O–H groups in total. The normalized spacial score (nSPS) is 16.3. The molecular weight excluding hydrogens is 485 g/mol. The topological polar surface area (TPSA) is 76.3 Å². The van der Waals surface area contributed by atoms with Gasteiger partial charge in [0.1, 0.15) is 22.8 Å². The van der Waals surface area contributed by atoms with E-state index in [1.807, 2.05) is 12.1 Å². The second kappa shape index (κ2) is 10.5. The Balaban J connectivity index is 0.00000300.